The summed E-state index contributed by atoms with van der Waals surface area (Å²) in [6, 6.07) is 7.04. The number of aromatic nitrogens is 3. The molecule has 6 nitrogen and oxygen atoms in total. The molecule has 0 amide bonds. The molecule has 0 bridgehead atoms. The van der Waals surface area contributed by atoms with Gasteiger partial charge in [-0.1, -0.05) is 12.1 Å². The molecule has 1 aromatic carbocycles. The molecule has 100 valence electrons. The maximum atomic E-state index is 12.4. The predicted molar refractivity (Wildman–Crippen MR) is 70.1 cm³/mol. The van der Waals surface area contributed by atoms with E-state index in [0.29, 0.717) is 24.5 Å². The molecule has 0 fully saturated rings. The molecule has 0 atom stereocenters. The number of benzene rings is 1. The first-order valence-corrected chi connectivity index (χ1v) is 6.30. The van der Waals surface area contributed by atoms with Crippen molar-refractivity contribution in [1.29, 1.82) is 0 Å². The maximum Gasteiger partial charge on any atom is 0.351 e. The summed E-state index contributed by atoms with van der Waals surface area (Å²) in [6.45, 7) is 1.19. The second-order valence-electron chi connectivity index (χ2n) is 4.53. The van der Waals surface area contributed by atoms with Gasteiger partial charge in [0.05, 0.1) is 12.8 Å². The molecule has 1 aliphatic rings. The Morgan fingerprint density at radius 3 is 2.16 bits per heavy atom. The van der Waals surface area contributed by atoms with Crippen molar-refractivity contribution in [3.05, 3.63) is 45.2 Å². The minimum atomic E-state index is -0.297. The van der Waals surface area contributed by atoms with E-state index >= 15 is 0 Å². The molecule has 3 rings (SSSR count). The lowest BCUT2D eigenvalue weighted by Crippen LogP contribution is -2.30. The summed E-state index contributed by atoms with van der Waals surface area (Å²) in [6.07, 6.45) is 1.85. The van der Waals surface area contributed by atoms with Crippen molar-refractivity contribution in [2.45, 2.75) is 25.9 Å². The van der Waals surface area contributed by atoms with Gasteiger partial charge in [0.2, 0.25) is 0 Å². The van der Waals surface area contributed by atoms with Crippen LogP contribution in [0.2, 0.25) is 0 Å². The fourth-order valence-corrected chi connectivity index (χ4v) is 2.50. The van der Waals surface area contributed by atoms with Crippen molar-refractivity contribution >= 4 is 0 Å². The van der Waals surface area contributed by atoms with Crippen LogP contribution >= 0.6 is 0 Å². The van der Waals surface area contributed by atoms with Gasteiger partial charge in [-0.05, 0) is 25.0 Å². The zero-order valence-corrected chi connectivity index (χ0v) is 10.7. The highest BCUT2D eigenvalue weighted by atomic mass is 16.5. The van der Waals surface area contributed by atoms with Crippen LogP contribution in [-0.4, -0.2) is 21.0 Å². The number of fused-ring (bicyclic) bond motifs is 1. The van der Waals surface area contributed by atoms with Crippen LogP contribution < -0.4 is 16.1 Å². The SMILES string of the molecule is COc1ccccc1-n1c(=O)n2n(c1=O)CCCC2. The zero-order valence-electron chi connectivity index (χ0n) is 10.7. The first-order chi connectivity index (χ1) is 9.24. The molecule has 0 unspecified atom stereocenters. The number of para-hydroxylation sites is 2. The van der Waals surface area contributed by atoms with Gasteiger partial charge in [-0.3, -0.25) is 0 Å². The highest BCUT2D eigenvalue weighted by molar-refractivity contribution is 5.46. The van der Waals surface area contributed by atoms with Crippen LogP contribution in [0.25, 0.3) is 5.69 Å². The topological polar surface area (TPSA) is 58.2 Å². The van der Waals surface area contributed by atoms with Crippen molar-refractivity contribution in [3.8, 4) is 11.4 Å². The predicted octanol–water partition coefficient (Wildman–Crippen LogP) is 0.603. The second kappa shape index (κ2) is 4.46. The van der Waals surface area contributed by atoms with Crippen LogP contribution in [0.1, 0.15) is 12.8 Å². The quantitative estimate of drug-likeness (QED) is 0.795. The lowest BCUT2D eigenvalue weighted by Gasteiger charge is -2.13. The van der Waals surface area contributed by atoms with E-state index in [4.69, 9.17) is 4.74 Å². The lowest BCUT2D eigenvalue weighted by atomic mass is 10.3. The summed E-state index contributed by atoms with van der Waals surface area (Å²) in [5, 5.41) is 0. The Bertz CT molecular complexity index is 686. The Labute approximate surface area is 109 Å². The molecule has 0 saturated heterocycles. The van der Waals surface area contributed by atoms with E-state index in [1.54, 1.807) is 24.3 Å². The molecule has 0 radical (unpaired) electrons. The minimum Gasteiger partial charge on any atom is -0.495 e. The molecule has 0 saturated carbocycles. The number of hydrogen-bond donors (Lipinski definition) is 0. The van der Waals surface area contributed by atoms with Crippen LogP contribution in [0.3, 0.4) is 0 Å². The standard InChI is InChI=1S/C13H15N3O3/c1-19-11-7-3-2-6-10(11)16-12(17)14-8-4-5-9-15(14)13(16)18/h2-3,6-7H,4-5,8-9H2,1H3. The zero-order chi connectivity index (χ0) is 13.4. The Morgan fingerprint density at radius 2 is 1.58 bits per heavy atom. The molecule has 0 N–H and O–H groups in total. The molecular formula is C13H15N3O3. The van der Waals surface area contributed by atoms with Gasteiger partial charge >= 0.3 is 11.4 Å². The highest BCUT2D eigenvalue weighted by Crippen LogP contribution is 2.19. The Balaban J connectivity index is 2.30. The Morgan fingerprint density at radius 1 is 1.00 bits per heavy atom. The van der Waals surface area contributed by atoms with E-state index in [-0.39, 0.29) is 11.4 Å². The van der Waals surface area contributed by atoms with Gasteiger partial charge in [-0.2, -0.15) is 0 Å². The molecule has 0 spiro atoms. The summed E-state index contributed by atoms with van der Waals surface area (Å²) in [7, 11) is 1.53. The molecule has 2 aromatic rings. The normalized spacial score (nSPS) is 14.2. The van der Waals surface area contributed by atoms with Gasteiger partial charge in [-0.15, -0.1) is 0 Å². The van der Waals surface area contributed by atoms with Crippen LogP contribution in [0.5, 0.6) is 5.75 Å². The third-order valence-corrected chi connectivity index (χ3v) is 3.43. The molecule has 1 aliphatic heterocycles. The van der Waals surface area contributed by atoms with E-state index in [9.17, 15) is 9.59 Å². The minimum absolute atomic E-state index is 0.297. The number of hydrogen-bond acceptors (Lipinski definition) is 3. The first-order valence-electron chi connectivity index (χ1n) is 6.30. The average molecular weight is 261 g/mol. The first kappa shape index (κ1) is 11.8. The van der Waals surface area contributed by atoms with E-state index in [2.05, 4.69) is 0 Å². The smallest absolute Gasteiger partial charge is 0.351 e. The van der Waals surface area contributed by atoms with Crippen LogP contribution in [-0.2, 0) is 13.1 Å². The molecule has 1 aromatic heterocycles. The summed E-state index contributed by atoms with van der Waals surface area (Å²) >= 11 is 0. The fourth-order valence-electron chi connectivity index (χ4n) is 2.50. The monoisotopic (exact) mass is 261 g/mol. The molecular weight excluding hydrogens is 246 g/mol. The van der Waals surface area contributed by atoms with Crippen LogP contribution in [0.4, 0.5) is 0 Å². The van der Waals surface area contributed by atoms with Crippen LogP contribution in [0, 0.1) is 0 Å². The Hall–Kier alpha value is -2.24. The summed E-state index contributed by atoms with van der Waals surface area (Å²) in [5.74, 6) is 0.519. The number of methoxy groups -OCH3 is 1. The molecule has 0 aliphatic carbocycles. The average Bonchev–Trinajstić information content (AvgIpc) is 2.71. The van der Waals surface area contributed by atoms with Gasteiger partial charge in [0.25, 0.3) is 0 Å². The van der Waals surface area contributed by atoms with Gasteiger partial charge in [0.1, 0.15) is 5.75 Å². The van der Waals surface area contributed by atoms with E-state index in [1.165, 1.54) is 21.0 Å². The van der Waals surface area contributed by atoms with Gasteiger partial charge < -0.3 is 4.74 Å². The van der Waals surface area contributed by atoms with E-state index < -0.39 is 0 Å². The number of ether oxygens (including phenoxy) is 1. The van der Waals surface area contributed by atoms with E-state index in [1.807, 2.05) is 0 Å². The second-order valence-corrected chi connectivity index (χ2v) is 4.53. The number of rotatable bonds is 2. The lowest BCUT2D eigenvalue weighted by molar-refractivity contribution is 0.348. The van der Waals surface area contributed by atoms with Crippen molar-refractivity contribution < 1.29 is 4.74 Å². The molecule has 6 heteroatoms. The van der Waals surface area contributed by atoms with Gasteiger partial charge in [0.15, 0.2) is 0 Å². The van der Waals surface area contributed by atoms with E-state index in [0.717, 1.165) is 12.8 Å². The Kier molecular flexibility index (Phi) is 2.77. The molecule has 19 heavy (non-hydrogen) atoms. The highest BCUT2D eigenvalue weighted by Gasteiger charge is 2.21. The fraction of sp³-hybridized carbons (Fsp3) is 0.385. The van der Waals surface area contributed by atoms with Crippen molar-refractivity contribution in [1.82, 2.24) is 13.9 Å². The third-order valence-electron chi connectivity index (χ3n) is 3.43. The maximum absolute atomic E-state index is 12.4. The largest absolute Gasteiger partial charge is 0.495 e. The van der Waals surface area contributed by atoms with Gasteiger partial charge in [-0.25, -0.2) is 23.5 Å². The van der Waals surface area contributed by atoms with Crippen molar-refractivity contribution in [2.75, 3.05) is 7.11 Å². The third kappa shape index (κ3) is 1.71. The van der Waals surface area contributed by atoms with Crippen molar-refractivity contribution in [3.63, 3.8) is 0 Å². The summed E-state index contributed by atoms with van der Waals surface area (Å²) in [5.41, 5.74) is -0.0993. The van der Waals surface area contributed by atoms with Crippen molar-refractivity contribution in [2.24, 2.45) is 0 Å². The molecule has 2 heterocycles. The van der Waals surface area contributed by atoms with Crippen LogP contribution in [0.15, 0.2) is 33.9 Å². The van der Waals surface area contributed by atoms with Gasteiger partial charge in [0, 0.05) is 13.1 Å². The summed E-state index contributed by atoms with van der Waals surface area (Å²) < 4.78 is 9.43. The summed E-state index contributed by atoms with van der Waals surface area (Å²) in [4.78, 5) is 24.7. The number of nitrogens with zero attached hydrogens (tertiary/aromatic N) is 3.